The Morgan fingerprint density at radius 2 is 0.500 bits per heavy atom. The fourth-order valence-corrected chi connectivity index (χ4v) is 6.51. The van der Waals surface area contributed by atoms with Crippen molar-refractivity contribution in [2.45, 2.75) is 207 Å². The predicted molar refractivity (Wildman–Crippen MR) is 225 cm³/mol. The lowest BCUT2D eigenvalue weighted by Crippen LogP contribution is -2.53. The molecule has 16 heteroatoms. The summed E-state index contributed by atoms with van der Waals surface area (Å²) >= 11 is 0. The van der Waals surface area contributed by atoms with Gasteiger partial charge in [-0.05, 0) is 79.1 Å². The molecule has 5 unspecified atom stereocenters. The van der Waals surface area contributed by atoms with E-state index in [2.05, 4.69) is 0 Å². The Labute approximate surface area is 358 Å². The molecule has 0 radical (unpaired) electrons. The molecule has 0 aromatic rings. The van der Waals surface area contributed by atoms with Gasteiger partial charge in [0.25, 0.3) is 23.6 Å². The van der Waals surface area contributed by atoms with Crippen LogP contribution in [-0.4, -0.2) is 144 Å². The Morgan fingerprint density at radius 3 is 0.650 bits per heavy atom. The van der Waals surface area contributed by atoms with Gasteiger partial charge < -0.3 is 38.5 Å². The van der Waals surface area contributed by atoms with Crippen molar-refractivity contribution in [3.8, 4) is 0 Å². The van der Waals surface area contributed by atoms with Crippen molar-refractivity contribution in [2.24, 2.45) is 0 Å². The first-order valence-electron chi connectivity index (χ1n) is 22.2. The molecule has 344 valence electrons. The van der Waals surface area contributed by atoms with E-state index in [9.17, 15) is 38.4 Å². The van der Waals surface area contributed by atoms with Crippen LogP contribution in [0, 0.1) is 0 Å². The highest BCUT2D eigenvalue weighted by Gasteiger charge is 2.40. The molecule has 0 aromatic heterocycles. The van der Waals surface area contributed by atoms with Gasteiger partial charge in [0, 0.05) is 28.2 Å². The molecule has 4 amide bonds. The molecule has 1 saturated heterocycles. The standard InChI is InChI=1S/C44H76N4O12/c1-13-17-21-25-33-37(49)45(9)30(6)42(54)58-35(27-23-19-15-3)39(51)47(11)32(8)44(56)60-36(28-24-20-16-4)40(52)48(12)31(7)43(55)59-34(26-22-18-14-2)38(50)46(10)29(5)41(53)57-33/h29-36H,13-28H2,1-12H3/t29-,30?,31?,32-,33+,34?,35?,36?/m0/s1. The second-order valence-electron chi connectivity index (χ2n) is 16.2. The van der Waals surface area contributed by atoms with Gasteiger partial charge in [0.2, 0.25) is 0 Å². The highest BCUT2D eigenvalue weighted by molar-refractivity contribution is 5.94. The van der Waals surface area contributed by atoms with Crippen molar-refractivity contribution in [3.63, 3.8) is 0 Å². The lowest BCUT2D eigenvalue weighted by Gasteiger charge is -2.33. The van der Waals surface area contributed by atoms with Gasteiger partial charge >= 0.3 is 23.9 Å². The molecule has 0 aromatic carbocycles. The Kier molecular flexibility index (Phi) is 24.7. The Morgan fingerprint density at radius 1 is 0.333 bits per heavy atom. The first-order valence-corrected chi connectivity index (χ1v) is 22.2. The van der Waals surface area contributed by atoms with E-state index in [1.54, 1.807) is 0 Å². The lowest BCUT2D eigenvalue weighted by molar-refractivity contribution is -0.176. The number of carbonyl (C=O) groups excluding carboxylic acids is 8. The van der Waals surface area contributed by atoms with Crippen LogP contribution in [0.2, 0.25) is 0 Å². The zero-order valence-corrected chi connectivity index (χ0v) is 38.6. The quantitative estimate of drug-likeness (QED) is 0.110. The fraction of sp³-hybridized carbons (Fsp3) is 0.818. The largest absolute Gasteiger partial charge is 0.451 e. The summed E-state index contributed by atoms with van der Waals surface area (Å²) in [6.45, 7) is 13.7. The minimum absolute atomic E-state index is 0.145. The van der Waals surface area contributed by atoms with E-state index < -0.39 is 96.1 Å². The van der Waals surface area contributed by atoms with Gasteiger partial charge in [-0.1, -0.05) is 79.1 Å². The smallest absolute Gasteiger partial charge is 0.329 e. The molecule has 0 spiro atoms. The summed E-state index contributed by atoms with van der Waals surface area (Å²) in [6, 6.07) is -4.84. The van der Waals surface area contributed by atoms with Crippen molar-refractivity contribution >= 4 is 47.5 Å². The number of carbonyl (C=O) groups is 8. The molecule has 0 aliphatic carbocycles. The van der Waals surface area contributed by atoms with E-state index in [1.165, 1.54) is 55.9 Å². The summed E-state index contributed by atoms with van der Waals surface area (Å²) in [5.41, 5.74) is 0. The van der Waals surface area contributed by atoms with Gasteiger partial charge in [-0.3, -0.25) is 19.2 Å². The summed E-state index contributed by atoms with van der Waals surface area (Å²) in [7, 11) is 5.51. The molecule has 60 heavy (non-hydrogen) atoms. The van der Waals surface area contributed by atoms with Crippen molar-refractivity contribution in [1.82, 2.24) is 19.6 Å². The van der Waals surface area contributed by atoms with Crippen LogP contribution in [0.5, 0.6) is 0 Å². The van der Waals surface area contributed by atoms with E-state index in [0.29, 0.717) is 25.7 Å². The van der Waals surface area contributed by atoms with Crippen LogP contribution in [0.15, 0.2) is 0 Å². The molecule has 1 aliphatic heterocycles. The third-order valence-electron chi connectivity index (χ3n) is 11.5. The van der Waals surface area contributed by atoms with Crippen LogP contribution < -0.4 is 0 Å². The number of rotatable bonds is 16. The third-order valence-corrected chi connectivity index (χ3v) is 11.5. The third kappa shape index (κ3) is 16.3. The van der Waals surface area contributed by atoms with Crippen molar-refractivity contribution in [1.29, 1.82) is 0 Å². The zero-order chi connectivity index (χ0) is 45.7. The van der Waals surface area contributed by atoms with E-state index in [-0.39, 0.29) is 25.7 Å². The molecular weight excluding hydrogens is 776 g/mol. The second-order valence-corrected chi connectivity index (χ2v) is 16.2. The Balaban J connectivity index is 3.81. The number of unbranched alkanes of at least 4 members (excludes halogenated alkanes) is 8. The van der Waals surface area contributed by atoms with Gasteiger partial charge in [-0.25, -0.2) is 19.2 Å². The molecule has 1 aliphatic rings. The molecule has 1 fully saturated rings. The molecule has 1 heterocycles. The Bertz CT molecular complexity index is 1220. The molecule has 1 rings (SSSR count). The number of nitrogens with zero attached hydrogens (tertiary/aromatic N) is 4. The van der Waals surface area contributed by atoms with Crippen LogP contribution in [0.1, 0.15) is 158 Å². The minimum atomic E-state index is -1.31. The number of cyclic esters (lactones) is 4. The molecule has 16 nitrogen and oxygen atoms in total. The summed E-state index contributed by atoms with van der Waals surface area (Å²) in [6.07, 6.45) is 3.70. The first kappa shape index (κ1) is 53.8. The van der Waals surface area contributed by atoms with Gasteiger partial charge in [0.05, 0.1) is 0 Å². The van der Waals surface area contributed by atoms with Gasteiger partial charge in [0.15, 0.2) is 24.4 Å². The van der Waals surface area contributed by atoms with E-state index in [0.717, 1.165) is 71.0 Å². The van der Waals surface area contributed by atoms with Crippen molar-refractivity contribution in [2.75, 3.05) is 28.2 Å². The second kappa shape index (κ2) is 27.6. The summed E-state index contributed by atoms with van der Waals surface area (Å²) in [5.74, 6) is -6.19. The maximum absolute atomic E-state index is 14.0. The zero-order valence-electron chi connectivity index (χ0n) is 38.6. The minimum Gasteiger partial charge on any atom is -0.451 e. The van der Waals surface area contributed by atoms with Gasteiger partial charge in [-0.2, -0.15) is 0 Å². The monoisotopic (exact) mass is 853 g/mol. The van der Waals surface area contributed by atoms with E-state index in [4.69, 9.17) is 18.9 Å². The van der Waals surface area contributed by atoms with Gasteiger partial charge in [-0.15, -0.1) is 0 Å². The van der Waals surface area contributed by atoms with Crippen LogP contribution in [-0.2, 0) is 57.3 Å². The van der Waals surface area contributed by atoms with Gasteiger partial charge in [0.1, 0.15) is 24.2 Å². The number of amides is 4. The topological polar surface area (TPSA) is 186 Å². The van der Waals surface area contributed by atoms with Crippen LogP contribution in [0.4, 0.5) is 0 Å². The van der Waals surface area contributed by atoms with Crippen LogP contribution in [0.3, 0.4) is 0 Å². The number of esters is 4. The maximum Gasteiger partial charge on any atom is 0.329 e. The number of ether oxygens (including phenoxy) is 4. The molecular formula is C44H76N4O12. The predicted octanol–water partition coefficient (Wildman–Crippen LogP) is 5.36. The molecule has 0 N–H and O–H groups in total. The molecule has 0 saturated carbocycles. The van der Waals surface area contributed by atoms with E-state index in [1.807, 2.05) is 27.7 Å². The summed E-state index contributed by atoms with van der Waals surface area (Å²) in [5, 5.41) is 0. The average Bonchev–Trinajstić information content (AvgIpc) is 3.23. The van der Waals surface area contributed by atoms with Crippen LogP contribution in [0.25, 0.3) is 0 Å². The highest BCUT2D eigenvalue weighted by atomic mass is 16.6. The molecule has 8 atom stereocenters. The number of likely N-dealkylation sites (N-methyl/N-ethyl adjacent to an activating group) is 4. The van der Waals surface area contributed by atoms with Crippen LogP contribution >= 0.6 is 0 Å². The summed E-state index contributed by atoms with van der Waals surface area (Å²) < 4.78 is 23.1. The average molecular weight is 853 g/mol. The maximum atomic E-state index is 14.0. The lowest BCUT2D eigenvalue weighted by atomic mass is 10.1. The number of hydrogen-bond donors (Lipinski definition) is 0. The number of hydrogen-bond acceptors (Lipinski definition) is 12. The first-order chi connectivity index (χ1) is 28.3. The SMILES string of the molecule is CCCCCC1OC(=O)[C@H](C)N(C)C(=O)C(CCCCC)OC(=O)C(C)N(C)C(=O)[C@@H](CCCCC)OC(=O)[C@H](C)N(C)C(=O)C(CCCCC)OC(=O)C(C)N(C)C1=O. The normalized spacial score (nSPS) is 26.7. The van der Waals surface area contributed by atoms with Crippen molar-refractivity contribution < 1.29 is 57.3 Å². The van der Waals surface area contributed by atoms with E-state index >= 15 is 0 Å². The highest BCUT2D eigenvalue weighted by Crippen LogP contribution is 2.21. The fourth-order valence-electron chi connectivity index (χ4n) is 6.51. The molecule has 0 bridgehead atoms. The summed E-state index contributed by atoms with van der Waals surface area (Å²) in [4.78, 5) is 115. The Hall–Kier alpha value is -4.24. The van der Waals surface area contributed by atoms with Crippen molar-refractivity contribution in [3.05, 3.63) is 0 Å².